The molecule has 0 aliphatic heterocycles. The molecule has 0 bridgehead atoms. The summed E-state index contributed by atoms with van der Waals surface area (Å²) >= 11 is 3.42. The molecule has 8 rings (SSSR count). The highest BCUT2D eigenvalue weighted by molar-refractivity contribution is 9.10. The molecule has 6 aromatic rings. The van der Waals surface area contributed by atoms with Crippen molar-refractivity contribution in [2.75, 3.05) is 21.7 Å². The summed E-state index contributed by atoms with van der Waals surface area (Å²) in [5.41, 5.74) is 12.6. The molecule has 0 heterocycles. The van der Waals surface area contributed by atoms with Crippen LogP contribution in [0.4, 0.5) is 37.2 Å². The highest BCUT2D eigenvalue weighted by Gasteiger charge is 2.28. The first-order valence-electron chi connectivity index (χ1n) is 17.4. The molecular weight excluding hydrogens is 766 g/mol. The van der Waals surface area contributed by atoms with E-state index in [1.807, 2.05) is 72.8 Å². The van der Waals surface area contributed by atoms with Gasteiger partial charge in [0.25, 0.3) is 11.8 Å². The molecule has 8 nitrogen and oxygen atoms in total. The fourth-order valence-corrected chi connectivity index (χ4v) is 6.71. The van der Waals surface area contributed by atoms with Crippen LogP contribution < -0.4 is 21.7 Å². The van der Waals surface area contributed by atoms with Crippen molar-refractivity contribution in [1.82, 2.24) is 0 Å². The molecule has 0 saturated heterocycles. The molecule has 0 aromatic heterocycles. The number of hydrogen-bond donors (Lipinski definition) is 4. The Morgan fingerprint density at radius 2 is 0.964 bits per heavy atom. The molecule has 2 aliphatic carbocycles. The fraction of sp³-hybridized carbons (Fsp3) is 0.0909. The Balaban J connectivity index is 0.000000162. The number of Topliss-reactive ketones (excluding diaryl/α,β-unsaturated/α-hetero) is 2. The molecule has 0 fully saturated rings. The summed E-state index contributed by atoms with van der Waals surface area (Å²) in [5, 5.41) is 8.86. The Bertz CT molecular complexity index is 2360. The normalized spacial score (nSPS) is 12.3. The van der Waals surface area contributed by atoms with Gasteiger partial charge in [0.05, 0.1) is 11.4 Å². The smallest absolute Gasteiger partial charge is 0.255 e. The minimum Gasteiger partial charge on any atom is -0.399 e. The Labute approximate surface area is 324 Å². The summed E-state index contributed by atoms with van der Waals surface area (Å²) in [6.07, 6.45) is 2.18. The first-order chi connectivity index (χ1) is 26.6. The molecular formula is C44H35BrF2N4O4. The van der Waals surface area contributed by atoms with Crippen molar-refractivity contribution in [3.05, 3.63) is 183 Å². The van der Waals surface area contributed by atoms with Crippen molar-refractivity contribution in [2.24, 2.45) is 0 Å². The van der Waals surface area contributed by atoms with E-state index < -0.39 is 11.6 Å². The quantitative estimate of drug-likeness (QED) is 0.124. The number of halogens is 3. The van der Waals surface area contributed by atoms with Crippen LogP contribution in [0.5, 0.6) is 0 Å². The van der Waals surface area contributed by atoms with Crippen molar-refractivity contribution < 1.29 is 28.0 Å². The number of ketones is 2. The van der Waals surface area contributed by atoms with Gasteiger partial charge in [0.15, 0.2) is 11.6 Å². The summed E-state index contributed by atoms with van der Waals surface area (Å²) in [7, 11) is 0. The van der Waals surface area contributed by atoms with Crippen LogP contribution in [0, 0.1) is 11.6 Å². The summed E-state index contributed by atoms with van der Waals surface area (Å²) in [6.45, 7) is 0. The highest BCUT2D eigenvalue weighted by atomic mass is 79.9. The maximum atomic E-state index is 13.0. The molecule has 2 amide bonds. The topological polar surface area (TPSA) is 130 Å². The zero-order valence-corrected chi connectivity index (χ0v) is 31.0. The van der Waals surface area contributed by atoms with Crippen molar-refractivity contribution in [1.29, 1.82) is 0 Å². The van der Waals surface area contributed by atoms with Gasteiger partial charge in [-0.2, -0.15) is 0 Å². The van der Waals surface area contributed by atoms with E-state index in [4.69, 9.17) is 5.73 Å². The third kappa shape index (κ3) is 9.56. The summed E-state index contributed by atoms with van der Waals surface area (Å²) < 4.78 is 26.8. The number of amides is 2. The van der Waals surface area contributed by atoms with Crippen molar-refractivity contribution >= 4 is 67.7 Å². The Kier molecular flexibility index (Phi) is 12.2. The van der Waals surface area contributed by atoms with Gasteiger partial charge in [-0.15, -0.1) is 0 Å². The van der Waals surface area contributed by atoms with Crippen LogP contribution in [0.3, 0.4) is 0 Å². The van der Waals surface area contributed by atoms with E-state index in [0.717, 1.165) is 32.7 Å². The molecule has 5 N–H and O–H groups in total. The van der Waals surface area contributed by atoms with Gasteiger partial charge < -0.3 is 21.7 Å². The number of carbonyl (C=O) groups excluding carboxylic acids is 4. The monoisotopic (exact) mass is 800 g/mol. The number of rotatable bonds is 6. The second-order valence-electron chi connectivity index (χ2n) is 12.6. The SMILES string of the molecule is Nc1ccccc1.O=C(Nc1ccc(Br)c2c1C(=O)CC2)c1ccc(F)cc1.O=C(Nc1ccc(Nc2ccccc2)c2c1C(=O)CC2)c1ccc(F)cc1. The molecule has 276 valence electrons. The van der Waals surface area contributed by atoms with Gasteiger partial charge >= 0.3 is 0 Å². The second-order valence-corrected chi connectivity index (χ2v) is 13.5. The standard InChI is InChI=1S/C22H17FN2O2.C16H11BrFNO2.C6H7N/c23-15-8-6-14(7-9-15)22(27)25-19-12-11-18(17-10-13-20(26)21(17)19)24-16-4-2-1-3-5-16;17-12-6-7-13(15-11(12)5-8-14(15)20)19-16(21)9-1-3-10(18)4-2-9;7-6-4-2-1-3-5-6/h1-9,11-12,24H,10,13H2,(H,25,27);1-4,6-7H,5,8H2,(H,19,21);1-5H,7H2. The Morgan fingerprint density at radius 1 is 0.527 bits per heavy atom. The minimum absolute atomic E-state index is 0.0103. The van der Waals surface area contributed by atoms with E-state index in [0.29, 0.717) is 59.3 Å². The average molecular weight is 802 g/mol. The zero-order chi connectivity index (χ0) is 38.9. The van der Waals surface area contributed by atoms with E-state index in [1.54, 1.807) is 12.1 Å². The number of hydrogen-bond acceptors (Lipinski definition) is 6. The predicted octanol–water partition coefficient (Wildman–Crippen LogP) is 10.2. The number of para-hydroxylation sites is 2. The minimum atomic E-state index is -0.404. The van der Waals surface area contributed by atoms with E-state index in [-0.39, 0.29) is 23.4 Å². The van der Waals surface area contributed by atoms with Crippen LogP contribution in [0.15, 0.2) is 138 Å². The number of carbonyl (C=O) groups is 4. The maximum Gasteiger partial charge on any atom is 0.255 e. The van der Waals surface area contributed by atoms with Crippen LogP contribution >= 0.6 is 15.9 Å². The fourth-order valence-electron chi connectivity index (χ4n) is 6.19. The van der Waals surface area contributed by atoms with Gasteiger partial charge in [-0.05, 0) is 121 Å². The Hall–Kier alpha value is -6.46. The molecule has 6 aromatic carbocycles. The van der Waals surface area contributed by atoms with E-state index in [9.17, 15) is 28.0 Å². The van der Waals surface area contributed by atoms with E-state index in [1.165, 1.54) is 48.5 Å². The van der Waals surface area contributed by atoms with E-state index in [2.05, 4.69) is 31.9 Å². The van der Waals surface area contributed by atoms with Gasteiger partial charge in [0.1, 0.15) is 11.6 Å². The molecule has 0 unspecified atom stereocenters. The van der Waals surface area contributed by atoms with Gasteiger partial charge in [-0.25, -0.2) is 8.78 Å². The molecule has 55 heavy (non-hydrogen) atoms. The van der Waals surface area contributed by atoms with Crippen LogP contribution in [0.2, 0.25) is 0 Å². The van der Waals surface area contributed by atoms with Crippen molar-refractivity contribution in [2.45, 2.75) is 25.7 Å². The number of nitrogens with one attached hydrogen (secondary N) is 3. The lowest BCUT2D eigenvalue weighted by atomic mass is 10.0. The molecule has 0 atom stereocenters. The van der Waals surface area contributed by atoms with Crippen LogP contribution in [0.1, 0.15) is 65.4 Å². The predicted molar refractivity (Wildman–Crippen MR) is 215 cm³/mol. The first kappa shape index (κ1) is 38.3. The molecule has 2 aliphatic rings. The molecule has 11 heteroatoms. The lowest BCUT2D eigenvalue weighted by Gasteiger charge is -2.15. The maximum absolute atomic E-state index is 13.0. The molecule has 0 saturated carbocycles. The van der Waals surface area contributed by atoms with E-state index >= 15 is 0 Å². The average Bonchev–Trinajstić information content (AvgIpc) is 3.79. The number of benzene rings is 6. The zero-order valence-electron chi connectivity index (χ0n) is 29.4. The third-order valence-corrected chi connectivity index (χ3v) is 9.63. The first-order valence-corrected chi connectivity index (χ1v) is 18.2. The van der Waals surface area contributed by atoms with Crippen LogP contribution in [-0.4, -0.2) is 23.4 Å². The van der Waals surface area contributed by atoms with Gasteiger partial charge in [-0.3, -0.25) is 19.2 Å². The van der Waals surface area contributed by atoms with Crippen LogP contribution in [0.25, 0.3) is 0 Å². The lowest BCUT2D eigenvalue weighted by Crippen LogP contribution is -2.14. The number of fused-ring (bicyclic) bond motifs is 2. The second kappa shape index (κ2) is 17.6. The summed E-state index contributed by atoms with van der Waals surface area (Å²) in [6, 6.07) is 36.9. The highest BCUT2D eigenvalue weighted by Crippen LogP contribution is 2.37. The van der Waals surface area contributed by atoms with Crippen LogP contribution in [-0.2, 0) is 12.8 Å². The molecule has 0 radical (unpaired) electrons. The largest absolute Gasteiger partial charge is 0.399 e. The number of anilines is 5. The van der Waals surface area contributed by atoms with Gasteiger partial charge in [0, 0.05) is 56.6 Å². The number of nitrogens with two attached hydrogens (primary N) is 1. The van der Waals surface area contributed by atoms with Gasteiger partial charge in [0.2, 0.25) is 0 Å². The number of nitrogen functional groups attached to an aromatic ring is 1. The van der Waals surface area contributed by atoms with Gasteiger partial charge in [-0.1, -0.05) is 52.3 Å². The summed E-state index contributed by atoms with van der Waals surface area (Å²) in [5.74, 6) is -1.50. The Morgan fingerprint density at radius 3 is 1.45 bits per heavy atom. The van der Waals surface area contributed by atoms with Crippen molar-refractivity contribution in [3.8, 4) is 0 Å². The third-order valence-electron chi connectivity index (χ3n) is 8.89. The summed E-state index contributed by atoms with van der Waals surface area (Å²) in [4.78, 5) is 49.0. The van der Waals surface area contributed by atoms with Crippen molar-refractivity contribution in [3.63, 3.8) is 0 Å². The lowest BCUT2D eigenvalue weighted by molar-refractivity contribution is 0.0985. The molecule has 0 spiro atoms.